The first-order valence-electron chi connectivity index (χ1n) is 7.44. The molecule has 2 atom stereocenters. The van der Waals surface area contributed by atoms with Crippen molar-refractivity contribution >= 4 is 5.91 Å². The second kappa shape index (κ2) is 6.66. The summed E-state index contributed by atoms with van der Waals surface area (Å²) in [6, 6.07) is 9.99. The van der Waals surface area contributed by atoms with Crippen molar-refractivity contribution in [1.29, 1.82) is 0 Å². The van der Waals surface area contributed by atoms with Crippen LogP contribution in [0.1, 0.15) is 24.1 Å². The first kappa shape index (κ1) is 14.7. The molecular weight excluding hydrogens is 278 g/mol. The van der Waals surface area contributed by atoms with Crippen LogP contribution < -0.4 is 0 Å². The summed E-state index contributed by atoms with van der Waals surface area (Å²) in [6.45, 7) is 3.13. The third-order valence-corrected chi connectivity index (χ3v) is 3.84. The molecule has 1 aromatic heterocycles. The third-order valence-electron chi connectivity index (χ3n) is 3.84. The first-order valence-corrected chi connectivity index (χ1v) is 7.44. The summed E-state index contributed by atoms with van der Waals surface area (Å²) < 4.78 is 5.76. The van der Waals surface area contributed by atoms with Crippen LogP contribution in [0.3, 0.4) is 0 Å². The minimum atomic E-state index is -0.0328. The van der Waals surface area contributed by atoms with Crippen LogP contribution in [0.5, 0.6) is 0 Å². The highest BCUT2D eigenvalue weighted by atomic mass is 16.5. The molecule has 0 unspecified atom stereocenters. The highest BCUT2D eigenvalue weighted by Gasteiger charge is 2.31. The number of rotatable bonds is 3. The van der Waals surface area contributed by atoms with Crippen LogP contribution in [0.15, 0.2) is 49.1 Å². The van der Waals surface area contributed by atoms with Gasteiger partial charge < -0.3 is 9.64 Å². The second-order valence-electron chi connectivity index (χ2n) is 5.54. The number of benzene rings is 1. The van der Waals surface area contributed by atoms with Crippen LogP contribution >= 0.6 is 0 Å². The van der Waals surface area contributed by atoms with E-state index in [0.717, 1.165) is 11.1 Å². The fraction of sp³-hybridized carbons (Fsp3) is 0.353. The summed E-state index contributed by atoms with van der Waals surface area (Å²) in [5.41, 5.74) is 1.94. The van der Waals surface area contributed by atoms with Gasteiger partial charge in [0.1, 0.15) is 6.33 Å². The Morgan fingerprint density at radius 3 is 2.73 bits per heavy atom. The smallest absolute Gasteiger partial charge is 0.227 e. The van der Waals surface area contributed by atoms with E-state index in [9.17, 15) is 4.79 Å². The van der Waals surface area contributed by atoms with E-state index in [4.69, 9.17) is 4.74 Å². The lowest BCUT2D eigenvalue weighted by Gasteiger charge is -2.39. The highest BCUT2D eigenvalue weighted by molar-refractivity contribution is 5.79. The van der Waals surface area contributed by atoms with Gasteiger partial charge in [0.15, 0.2) is 0 Å². The van der Waals surface area contributed by atoms with Crippen molar-refractivity contribution in [2.45, 2.75) is 25.5 Å². The topological polar surface area (TPSA) is 55.3 Å². The highest BCUT2D eigenvalue weighted by Crippen LogP contribution is 2.26. The summed E-state index contributed by atoms with van der Waals surface area (Å²) in [5.74, 6) is 0.0822. The number of amides is 1. The van der Waals surface area contributed by atoms with Gasteiger partial charge in [0.05, 0.1) is 25.2 Å². The summed E-state index contributed by atoms with van der Waals surface area (Å²) in [5, 5.41) is 0. The molecule has 0 bridgehead atoms. The van der Waals surface area contributed by atoms with Crippen molar-refractivity contribution in [2.75, 3.05) is 13.2 Å². The van der Waals surface area contributed by atoms with E-state index in [0.29, 0.717) is 19.6 Å². The van der Waals surface area contributed by atoms with Gasteiger partial charge in [0.25, 0.3) is 0 Å². The molecule has 5 heteroatoms. The minimum absolute atomic E-state index is 0.0328. The van der Waals surface area contributed by atoms with Gasteiger partial charge in [0.2, 0.25) is 5.91 Å². The van der Waals surface area contributed by atoms with Crippen LogP contribution in [0.2, 0.25) is 0 Å². The lowest BCUT2D eigenvalue weighted by atomic mass is 10.0. The molecule has 1 amide bonds. The SMILES string of the molecule is C[C@@H]1CN(C(=O)Cc2cncnc2)[C@@H](c2ccccc2)CO1. The first-order chi connectivity index (χ1) is 10.7. The number of nitrogens with zero attached hydrogens (tertiary/aromatic N) is 3. The molecule has 1 aromatic carbocycles. The minimum Gasteiger partial charge on any atom is -0.374 e. The van der Waals surface area contributed by atoms with Gasteiger partial charge in [0, 0.05) is 18.9 Å². The van der Waals surface area contributed by atoms with Crippen molar-refractivity contribution in [3.63, 3.8) is 0 Å². The van der Waals surface area contributed by atoms with Crippen molar-refractivity contribution in [3.05, 3.63) is 60.2 Å². The molecule has 3 rings (SSSR count). The largest absolute Gasteiger partial charge is 0.374 e. The molecule has 0 N–H and O–H groups in total. The molecule has 114 valence electrons. The molecule has 1 aliphatic heterocycles. The van der Waals surface area contributed by atoms with E-state index in [-0.39, 0.29) is 18.1 Å². The van der Waals surface area contributed by atoms with Crippen molar-refractivity contribution in [3.8, 4) is 0 Å². The van der Waals surface area contributed by atoms with Crippen LogP contribution in [-0.4, -0.2) is 40.0 Å². The molecule has 2 heterocycles. The van der Waals surface area contributed by atoms with Gasteiger partial charge in [-0.2, -0.15) is 0 Å². The molecule has 0 aliphatic carbocycles. The fourth-order valence-electron chi connectivity index (χ4n) is 2.73. The van der Waals surface area contributed by atoms with Gasteiger partial charge in [-0.3, -0.25) is 4.79 Å². The summed E-state index contributed by atoms with van der Waals surface area (Å²) in [7, 11) is 0. The number of morpholine rings is 1. The Balaban J connectivity index is 1.79. The van der Waals surface area contributed by atoms with Crippen LogP contribution in [0.4, 0.5) is 0 Å². The predicted molar refractivity (Wildman–Crippen MR) is 82.0 cm³/mol. The Hall–Kier alpha value is -2.27. The van der Waals surface area contributed by atoms with E-state index in [2.05, 4.69) is 9.97 Å². The van der Waals surface area contributed by atoms with Gasteiger partial charge in [-0.15, -0.1) is 0 Å². The average molecular weight is 297 g/mol. The zero-order valence-electron chi connectivity index (χ0n) is 12.6. The fourth-order valence-corrected chi connectivity index (χ4v) is 2.73. The lowest BCUT2D eigenvalue weighted by molar-refractivity contribution is -0.144. The maximum absolute atomic E-state index is 12.7. The van der Waals surface area contributed by atoms with Gasteiger partial charge in [-0.1, -0.05) is 30.3 Å². The molecule has 1 saturated heterocycles. The number of carbonyl (C=O) groups excluding carboxylic acids is 1. The molecule has 2 aromatic rings. The summed E-state index contributed by atoms with van der Waals surface area (Å²) in [4.78, 5) is 22.6. The maximum atomic E-state index is 12.7. The van der Waals surface area contributed by atoms with Crippen molar-refractivity contribution < 1.29 is 9.53 Å². The molecule has 5 nitrogen and oxygen atoms in total. The number of ether oxygens (including phenoxy) is 1. The monoisotopic (exact) mass is 297 g/mol. The van der Waals surface area contributed by atoms with E-state index in [1.54, 1.807) is 12.4 Å². The standard InChI is InChI=1S/C17H19N3O2/c1-13-10-20(17(21)7-14-8-18-12-19-9-14)16(11-22-13)15-5-3-2-4-6-15/h2-6,8-9,12-13,16H,7,10-11H2,1H3/t13-,16-/m1/s1. The molecular formula is C17H19N3O2. The summed E-state index contributed by atoms with van der Waals surface area (Å²) in [6.07, 6.45) is 5.21. The molecule has 1 aliphatic rings. The zero-order chi connectivity index (χ0) is 15.4. The lowest BCUT2D eigenvalue weighted by Crippen LogP contribution is -2.47. The van der Waals surface area contributed by atoms with E-state index in [1.807, 2.05) is 42.2 Å². The van der Waals surface area contributed by atoms with Crippen LogP contribution in [-0.2, 0) is 16.0 Å². The molecule has 1 fully saturated rings. The third kappa shape index (κ3) is 3.31. The Morgan fingerprint density at radius 1 is 1.27 bits per heavy atom. The van der Waals surface area contributed by atoms with Crippen LogP contribution in [0, 0.1) is 0 Å². The number of carbonyl (C=O) groups is 1. The number of hydrogen-bond donors (Lipinski definition) is 0. The molecule has 0 spiro atoms. The second-order valence-corrected chi connectivity index (χ2v) is 5.54. The average Bonchev–Trinajstić information content (AvgIpc) is 2.56. The van der Waals surface area contributed by atoms with E-state index in [1.165, 1.54) is 6.33 Å². The van der Waals surface area contributed by atoms with Crippen molar-refractivity contribution in [2.24, 2.45) is 0 Å². The Bertz CT molecular complexity index is 618. The molecule has 0 saturated carbocycles. The van der Waals surface area contributed by atoms with E-state index >= 15 is 0 Å². The zero-order valence-corrected chi connectivity index (χ0v) is 12.6. The number of hydrogen-bond acceptors (Lipinski definition) is 4. The van der Waals surface area contributed by atoms with E-state index < -0.39 is 0 Å². The normalized spacial score (nSPS) is 21.6. The Kier molecular flexibility index (Phi) is 4.44. The Labute approximate surface area is 130 Å². The predicted octanol–water partition coefficient (Wildman–Crippen LogP) is 2.01. The van der Waals surface area contributed by atoms with Gasteiger partial charge in [-0.05, 0) is 18.1 Å². The molecule has 0 radical (unpaired) electrons. The van der Waals surface area contributed by atoms with Gasteiger partial charge >= 0.3 is 0 Å². The number of aromatic nitrogens is 2. The Morgan fingerprint density at radius 2 is 2.00 bits per heavy atom. The van der Waals surface area contributed by atoms with Crippen molar-refractivity contribution in [1.82, 2.24) is 14.9 Å². The van der Waals surface area contributed by atoms with Gasteiger partial charge in [-0.25, -0.2) is 9.97 Å². The quantitative estimate of drug-likeness (QED) is 0.869. The van der Waals surface area contributed by atoms with Crippen LogP contribution in [0.25, 0.3) is 0 Å². The maximum Gasteiger partial charge on any atom is 0.227 e. The molecule has 22 heavy (non-hydrogen) atoms. The summed E-state index contributed by atoms with van der Waals surface area (Å²) >= 11 is 0.